The summed E-state index contributed by atoms with van der Waals surface area (Å²) in [5.41, 5.74) is 11.7. The number of nitrogens with two attached hydrogens (primary N) is 1. The van der Waals surface area contributed by atoms with Crippen molar-refractivity contribution in [3.05, 3.63) is 95.1 Å². The van der Waals surface area contributed by atoms with Gasteiger partial charge in [0.25, 0.3) is 0 Å². The van der Waals surface area contributed by atoms with Gasteiger partial charge in [-0.05, 0) is 34.7 Å². The first-order valence-corrected chi connectivity index (χ1v) is 9.38. The van der Waals surface area contributed by atoms with Crippen molar-refractivity contribution in [2.24, 2.45) is 5.73 Å². The minimum Gasteiger partial charge on any atom is -0.368 e. The fourth-order valence-corrected chi connectivity index (χ4v) is 3.88. The van der Waals surface area contributed by atoms with Gasteiger partial charge in [-0.3, -0.25) is 9.59 Å². The van der Waals surface area contributed by atoms with Crippen LogP contribution in [-0.2, 0) is 16.0 Å². The minimum absolute atomic E-state index is 0.201. The molecule has 0 heterocycles. The van der Waals surface area contributed by atoms with Crippen LogP contribution < -0.4 is 11.1 Å². The molecule has 0 saturated carbocycles. The summed E-state index contributed by atoms with van der Waals surface area (Å²) in [6, 6.07) is 22.9. The Hall–Kier alpha value is -3.40. The summed E-state index contributed by atoms with van der Waals surface area (Å²) in [4.78, 5) is 25.2. The molecule has 0 spiro atoms. The van der Waals surface area contributed by atoms with Crippen molar-refractivity contribution >= 4 is 11.8 Å². The van der Waals surface area contributed by atoms with Gasteiger partial charge in [-0.15, -0.1) is 0 Å². The zero-order valence-electron chi connectivity index (χ0n) is 15.7. The average molecular weight is 370 g/mol. The average Bonchev–Trinajstić information content (AvgIpc) is 3.03. The van der Waals surface area contributed by atoms with Gasteiger partial charge in [0.05, 0.1) is 5.92 Å². The third-order valence-electron chi connectivity index (χ3n) is 5.32. The molecular formula is C24H22N2O2. The molecule has 3 aromatic carbocycles. The number of amides is 2. The molecule has 3 aromatic rings. The van der Waals surface area contributed by atoms with Gasteiger partial charge in [-0.25, -0.2) is 0 Å². The molecule has 4 nitrogen and oxygen atoms in total. The van der Waals surface area contributed by atoms with Gasteiger partial charge >= 0.3 is 0 Å². The monoisotopic (exact) mass is 370 g/mol. The van der Waals surface area contributed by atoms with Crippen LogP contribution in [-0.4, -0.2) is 17.9 Å². The Kier molecular flexibility index (Phi) is 4.70. The molecule has 1 aliphatic carbocycles. The quantitative estimate of drug-likeness (QED) is 0.723. The zero-order chi connectivity index (χ0) is 19.7. The first kappa shape index (κ1) is 18.0. The Morgan fingerprint density at radius 2 is 1.43 bits per heavy atom. The molecule has 0 aliphatic heterocycles. The first-order chi connectivity index (χ1) is 13.5. The number of aryl methyl sites for hydroxylation is 1. The highest BCUT2D eigenvalue weighted by Gasteiger charge is 2.34. The molecule has 140 valence electrons. The summed E-state index contributed by atoms with van der Waals surface area (Å²) >= 11 is 0. The molecule has 1 aliphatic rings. The first-order valence-electron chi connectivity index (χ1n) is 9.38. The van der Waals surface area contributed by atoms with Crippen LogP contribution in [0.2, 0.25) is 0 Å². The number of primary amides is 1. The van der Waals surface area contributed by atoms with E-state index in [0.717, 1.165) is 33.4 Å². The topological polar surface area (TPSA) is 72.2 Å². The lowest BCUT2D eigenvalue weighted by molar-refractivity contribution is -0.127. The van der Waals surface area contributed by atoms with Gasteiger partial charge in [0.15, 0.2) is 0 Å². The Morgan fingerprint density at radius 3 is 1.96 bits per heavy atom. The van der Waals surface area contributed by atoms with Gasteiger partial charge in [-0.1, -0.05) is 78.4 Å². The van der Waals surface area contributed by atoms with Gasteiger partial charge < -0.3 is 11.1 Å². The fraction of sp³-hybridized carbons (Fsp3) is 0.167. The Bertz CT molecular complexity index is 995. The van der Waals surface area contributed by atoms with Crippen LogP contribution in [0.4, 0.5) is 0 Å². The molecule has 28 heavy (non-hydrogen) atoms. The van der Waals surface area contributed by atoms with E-state index in [0.29, 0.717) is 6.42 Å². The Labute approximate surface area is 164 Å². The minimum atomic E-state index is -0.755. The fourth-order valence-electron chi connectivity index (χ4n) is 3.88. The maximum absolute atomic E-state index is 13.2. The van der Waals surface area contributed by atoms with E-state index in [4.69, 9.17) is 5.73 Å². The SMILES string of the molecule is Cc1ccc(C[C@@H](NC(=O)C2c3ccccc3-c3ccccc32)C(N)=O)cc1. The number of hydrogen-bond donors (Lipinski definition) is 2. The van der Waals surface area contributed by atoms with Crippen LogP contribution in [0.1, 0.15) is 28.2 Å². The molecule has 0 fully saturated rings. The lowest BCUT2D eigenvalue weighted by atomic mass is 9.95. The van der Waals surface area contributed by atoms with Crippen LogP contribution in [0.15, 0.2) is 72.8 Å². The van der Waals surface area contributed by atoms with E-state index in [-0.39, 0.29) is 5.91 Å². The zero-order valence-corrected chi connectivity index (χ0v) is 15.7. The largest absolute Gasteiger partial charge is 0.368 e. The van der Waals surface area contributed by atoms with E-state index in [1.807, 2.05) is 79.7 Å². The highest BCUT2D eigenvalue weighted by molar-refractivity contribution is 5.98. The van der Waals surface area contributed by atoms with E-state index < -0.39 is 17.9 Å². The number of hydrogen-bond acceptors (Lipinski definition) is 2. The predicted molar refractivity (Wildman–Crippen MR) is 110 cm³/mol. The Morgan fingerprint density at radius 1 is 0.893 bits per heavy atom. The second-order valence-electron chi connectivity index (χ2n) is 7.26. The van der Waals surface area contributed by atoms with E-state index in [2.05, 4.69) is 5.32 Å². The molecule has 1 atom stereocenters. The van der Waals surface area contributed by atoms with Gasteiger partial charge in [0.2, 0.25) is 11.8 Å². The second-order valence-corrected chi connectivity index (χ2v) is 7.26. The summed E-state index contributed by atoms with van der Waals surface area (Å²) in [5, 5.41) is 2.89. The van der Waals surface area contributed by atoms with Crippen molar-refractivity contribution in [2.75, 3.05) is 0 Å². The van der Waals surface area contributed by atoms with Crippen molar-refractivity contribution in [1.29, 1.82) is 0 Å². The molecule has 0 unspecified atom stereocenters. The highest BCUT2D eigenvalue weighted by atomic mass is 16.2. The van der Waals surface area contributed by atoms with E-state index in [1.54, 1.807) is 0 Å². The van der Waals surface area contributed by atoms with Crippen molar-refractivity contribution < 1.29 is 9.59 Å². The van der Waals surface area contributed by atoms with Gasteiger partial charge in [-0.2, -0.15) is 0 Å². The number of fused-ring (bicyclic) bond motifs is 3. The van der Waals surface area contributed by atoms with E-state index in [9.17, 15) is 9.59 Å². The van der Waals surface area contributed by atoms with Crippen molar-refractivity contribution in [1.82, 2.24) is 5.32 Å². The molecule has 0 radical (unpaired) electrons. The second kappa shape index (κ2) is 7.31. The molecule has 2 amide bonds. The standard InChI is InChI=1S/C24H22N2O2/c1-15-10-12-16(13-11-15)14-21(23(25)27)26-24(28)22-19-8-4-2-6-17(19)18-7-3-5-9-20(18)22/h2-13,21-22H,14H2,1H3,(H2,25,27)(H,26,28)/t21-/m1/s1. The number of rotatable bonds is 5. The van der Waals surface area contributed by atoms with Gasteiger partial charge in [0, 0.05) is 6.42 Å². The highest BCUT2D eigenvalue weighted by Crippen LogP contribution is 2.44. The van der Waals surface area contributed by atoms with E-state index >= 15 is 0 Å². The number of benzene rings is 3. The third-order valence-corrected chi connectivity index (χ3v) is 5.32. The molecule has 0 saturated heterocycles. The predicted octanol–water partition coefficient (Wildman–Crippen LogP) is 3.32. The van der Waals surface area contributed by atoms with Crippen LogP contribution in [0.25, 0.3) is 11.1 Å². The van der Waals surface area contributed by atoms with Crippen molar-refractivity contribution in [3.63, 3.8) is 0 Å². The van der Waals surface area contributed by atoms with Crippen LogP contribution in [0.5, 0.6) is 0 Å². The molecule has 4 heteroatoms. The van der Waals surface area contributed by atoms with Crippen LogP contribution in [0.3, 0.4) is 0 Å². The number of carbonyl (C=O) groups excluding carboxylic acids is 2. The van der Waals surface area contributed by atoms with Gasteiger partial charge in [0.1, 0.15) is 6.04 Å². The van der Waals surface area contributed by atoms with Crippen molar-refractivity contribution in [3.8, 4) is 11.1 Å². The lowest BCUT2D eigenvalue weighted by Gasteiger charge is -2.20. The summed E-state index contributed by atoms with van der Waals surface area (Å²) in [5.74, 6) is -1.17. The molecule has 0 aromatic heterocycles. The summed E-state index contributed by atoms with van der Waals surface area (Å²) in [6.45, 7) is 2.01. The number of carbonyl (C=O) groups is 2. The van der Waals surface area contributed by atoms with E-state index in [1.165, 1.54) is 0 Å². The maximum atomic E-state index is 13.2. The normalized spacial score (nSPS) is 13.5. The molecule has 0 bridgehead atoms. The molecule has 3 N–H and O–H groups in total. The Balaban J connectivity index is 1.61. The maximum Gasteiger partial charge on any atom is 0.240 e. The molecular weight excluding hydrogens is 348 g/mol. The smallest absolute Gasteiger partial charge is 0.240 e. The van der Waals surface area contributed by atoms with Crippen LogP contribution in [0, 0.1) is 6.92 Å². The summed E-state index contributed by atoms with van der Waals surface area (Å²) < 4.78 is 0. The lowest BCUT2D eigenvalue weighted by Crippen LogP contribution is -2.47. The number of nitrogens with one attached hydrogen (secondary N) is 1. The summed E-state index contributed by atoms with van der Waals surface area (Å²) in [7, 11) is 0. The van der Waals surface area contributed by atoms with Crippen molar-refractivity contribution in [2.45, 2.75) is 25.3 Å². The van der Waals surface area contributed by atoms with Crippen LogP contribution >= 0.6 is 0 Å². The molecule has 4 rings (SSSR count). The third kappa shape index (κ3) is 3.29. The summed E-state index contributed by atoms with van der Waals surface area (Å²) in [6.07, 6.45) is 0.372.